The lowest BCUT2D eigenvalue weighted by atomic mass is 10.0. The van der Waals surface area contributed by atoms with Gasteiger partial charge in [-0.3, -0.25) is 9.78 Å². The topological polar surface area (TPSA) is 71.2 Å². The highest BCUT2D eigenvalue weighted by molar-refractivity contribution is 5.94. The van der Waals surface area contributed by atoms with Crippen molar-refractivity contribution < 1.29 is 4.79 Å². The minimum atomic E-state index is -0.0231. The number of rotatable bonds is 4. The molecule has 1 aliphatic rings. The van der Waals surface area contributed by atoms with E-state index in [-0.39, 0.29) is 11.9 Å². The average molecular weight is 276 g/mol. The maximum absolute atomic E-state index is 12.2. The fraction of sp³-hybridized carbons (Fsp3) is 0.600. The predicted octanol–water partition coefficient (Wildman–Crippen LogP) is 1.14. The summed E-state index contributed by atoms with van der Waals surface area (Å²) in [6.07, 6.45) is 3.66. The van der Waals surface area contributed by atoms with Crippen molar-refractivity contribution in [1.29, 1.82) is 0 Å². The normalized spacial score (nSPS) is 17.4. The van der Waals surface area contributed by atoms with E-state index in [1.165, 1.54) is 0 Å². The van der Waals surface area contributed by atoms with Crippen molar-refractivity contribution in [2.45, 2.75) is 45.3 Å². The Labute approximate surface area is 120 Å². The van der Waals surface area contributed by atoms with Gasteiger partial charge in [0.2, 0.25) is 0 Å². The van der Waals surface area contributed by atoms with E-state index in [2.05, 4.69) is 29.0 Å². The molecule has 0 unspecified atom stereocenters. The summed E-state index contributed by atoms with van der Waals surface area (Å²) in [5, 5.41) is 3.11. The Morgan fingerprint density at radius 3 is 2.80 bits per heavy atom. The first-order valence-corrected chi connectivity index (χ1v) is 7.30. The van der Waals surface area contributed by atoms with Gasteiger partial charge in [0.1, 0.15) is 0 Å². The van der Waals surface area contributed by atoms with Gasteiger partial charge < -0.3 is 16.0 Å². The van der Waals surface area contributed by atoms with Crippen LogP contribution in [0.4, 0.5) is 0 Å². The molecule has 110 valence electrons. The van der Waals surface area contributed by atoms with Gasteiger partial charge in [-0.05, 0) is 38.8 Å². The summed E-state index contributed by atoms with van der Waals surface area (Å²) in [7, 11) is 0. The van der Waals surface area contributed by atoms with Gasteiger partial charge in [0, 0.05) is 43.5 Å². The molecule has 0 aliphatic carbocycles. The minimum absolute atomic E-state index is 0.0231. The number of nitrogens with zero attached hydrogens (tertiary/aromatic N) is 2. The molecule has 1 saturated heterocycles. The monoisotopic (exact) mass is 276 g/mol. The second kappa shape index (κ2) is 6.81. The molecule has 20 heavy (non-hydrogen) atoms. The quantitative estimate of drug-likeness (QED) is 0.865. The van der Waals surface area contributed by atoms with E-state index in [0.29, 0.717) is 18.2 Å². The first kappa shape index (κ1) is 14.9. The van der Waals surface area contributed by atoms with Crippen LogP contribution >= 0.6 is 0 Å². The number of hydrogen-bond donors (Lipinski definition) is 2. The van der Waals surface area contributed by atoms with Crippen LogP contribution in [0.2, 0.25) is 0 Å². The van der Waals surface area contributed by atoms with Gasteiger partial charge in [0.15, 0.2) is 0 Å². The van der Waals surface area contributed by atoms with Crippen LogP contribution in [0, 0.1) is 0 Å². The zero-order valence-electron chi connectivity index (χ0n) is 12.3. The SMILES string of the molecule is CC(C)N1CCC(NC(=O)c2ccnc(CN)c2)CC1. The molecule has 2 heterocycles. The lowest BCUT2D eigenvalue weighted by Crippen LogP contribution is -2.46. The molecule has 0 atom stereocenters. The van der Waals surface area contributed by atoms with Crippen molar-refractivity contribution in [3.05, 3.63) is 29.6 Å². The van der Waals surface area contributed by atoms with Crippen molar-refractivity contribution in [2.75, 3.05) is 13.1 Å². The molecule has 3 N–H and O–H groups in total. The van der Waals surface area contributed by atoms with Gasteiger partial charge in [-0.25, -0.2) is 0 Å². The van der Waals surface area contributed by atoms with E-state index < -0.39 is 0 Å². The minimum Gasteiger partial charge on any atom is -0.349 e. The maximum Gasteiger partial charge on any atom is 0.251 e. The number of aromatic nitrogens is 1. The Kier molecular flexibility index (Phi) is 5.09. The third-order valence-electron chi connectivity index (χ3n) is 3.88. The van der Waals surface area contributed by atoms with Gasteiger partial charge in [0.05, 0.1) is 5.69 Å². The molecule has 0 saturated carbocycles. The smallest absolute Gasteiger partial charge is 0.251 e. The van der Waals surface area contributed by atoms with Crippen molar-refractivity contribution in [3.63, 3.8) is 0 Å². The summed E-state index contributed by atoms with van der Waals surface area (Å²) in [6, 6.07) is 4.35. The number of piperidine rings is 1. The predicted molar refractivity (Wildman–Crippen MR) is 79.3 cm³/mol. The molecule has 1 amide bonds. The van der Waals surface area contributed by atoms with Crippen LogP contribution in [0.1, 0.15) is 42.7 Å². The largest absolute Gasteiger partial charge is 0.349 e. The highest BCUT2D eigenvalue weighted by Gasteiger charge is 2.22. The number of likely N-dealkylation sites (tertiary alicyclic amines) is 1. The van der Waals surface area contributed by atoms with Crippen LogP contribution in [0.3, 0.4) is 0 Å². The fourth-order valence-electron chi connectivity index (χ4n) is 2.56. The summed E-state index contributed by atoms with van der Waals surface area (Å²) in [5.74, 6) is -0.0231. The van der Waals surface area contributed by atoms with Crippen LogP contribution in [-0.2, 0) is 6.54 Å². The molecule has 0 spiro atoms. The second-order valence-electron chi connectivity index (χ2n) is 5.62. The van der Waals surface area contributed by atoms with Crippen molar-refractivity contribution in [2.24, 2.45) is 5.73 Å². The number of nitrogens with one attached hydrogen (secondary N) is 1. The first-order valence-electron chi connectivity index (χ1n) is 7.30. The second-order valence-corrected chi connectivity index (χ2v) is 5.62. The van der Waals surface area contributed by atoms with Crippen LogP contribution in [0.25, 0.3) is 0 Å². The molecule has 0 radical (unpaired) electrons. The molecule has 1 aromatic rings. The molecule has 1 aromatic heterocycles. The fourth-order valence-corrected chi connectivity index (χ4v) is 2.56. The molecule has 0 aromatic carbocycles. The summed E-state index contributed by atoms with van der Waals surface area (Å²) in [6.45, 7) is 6.88. The molecule has 1 fully saturated rings. The number of nitrogens with two attached hydrogens (primary N) is 1. The van der Waals surface area contributed by atoms with Crippen molar-refractivity contribution in [3.8, 4) is 0 Å². The Morgan fingerprint density at radius 1 is 1.50 bits per heavy atom. The van der Waals surface area contributed by atoms with Crippen LogP contribution in [0.15, 0.2) is 18.3 Å². The van der Waals surface area contributed by atoms with Crippen LogP contribution < -0.4 is 11.1 Å². The van der Waals surface area contributed by atoms with Crippen molar-refractivity contribution >= 4 is 5.91 Å². The summed E-state index contributed by atoms with van der Waals surface area (Å²) < 4.78 is 0. The van der Waals surface area contributed by atoms with Gasteiger partial charge in [0.25, 0.3) is 5.91 Å². The van der Waals surface area contributed by atoms with E-state index in [1.807, 2.05) is 0 Å². The molecule has 1 aliphatic heterocycles. The summed E-state index contributed by atoms with van der Waals surface area (Å²) in [4.78, 5) is 18.8. The van der Waals surface area contributed by atoms with E-state index >= 15 is 0 Å². The molecule has 2 rings (SSSR count). The van der Waals surface area contributed by atoms with E-state index in [0.717, 1.165) is 31.6 Å². The lowest BCUT2D eigenvalue weighted by molar-refractivity contribution is 0.0900. The third-order valence-corrected chi connectivity index (χ3v) is 3.88. The molecule has 0 bridgehead atoms. The van der Waals surface area contributed by atoms with Gasteiger partial charge in [-0.1, -0.05) is 0 Å². The van der Waals surface area contributed by atoms with E-state index in [4.69, 9.17) is 5.73 Å². The van der Waals surface area contributed by atoms with E-state index in [1.54, 1.807) is 18.3 Å². The zero-order valence-corrected chi connectivity index (χ0v) is 12.3. The van der Waals surface area contributed by atoms with Gasteiger partial charge >= 0.3 is 0 Å². The van der Waals surface area contributed by atoms with Crippen molar-refractivity contribution in [1.82, 2.24) is 15.2 Å². The standard InChI is InChI=1S/C15H24N4O/c1-11(2)19-7-4-13(5-8-19)18-15(20)12-3-6-17-14(9-12)10-16/h3,6,9,11,13H,4-5,7-8,10,16H2,1-2H3,(H,18,20). The number of carbonyl (C=O) groups is 1. The first-order chi connectivity index (χ1) is 9.60. The zero-order chi connectivity index (χ0) is 14.5. The third kappa shape index (κ3) is 3.77. The molecule has 5 heteroatoms. The molecule has 5 nitrogen and oxygen atoms in total. The number of amides is 1. The van der Waals surface area contributed by atoms with Crippen LogP contribution in [0.5, 0.6) is 0 Å². The maximum atomic E-state index is 12.2. The Hall–Kier alpha value is -1.46. The Morgan fingerprint density at radius 2 is 2.20 bits per heavy atom. The molecular formula is C15H24N4O. The number of hydrogen-bond acceptors (Lipinski definition) is 4. The lowest BCUT2D eigenvalue weighted by Gasteiger charge is -2.34. The van der Waals surface area contributed by atoms with Gasteiger partial charge in [-0.15, -0.1) is 0 Å². The summed E-state index contributed by atoms with van der Waals surface area (Å²) >= 11 is 0. The Balaban J connectivity index is 1.89. The van der Waals surface area contributed by atoms with Crippen LogP contribution in [-0.4, -0.2) is 41.0 Å². The Bertz CT molecular complexity index is 453. The summed E-state index contributed by atoms with van der Waals surface area (Å²) in [5.41, 5.74) is 6.93. The highest BCUT2D eigenvalue weighted by Crippen LogP contribution is 2.13. The van der Waals surface area contributed by atoms with Gasteiger partial charge in [-0.2, -0.15) is 0 Å². The molecular weight excluding hydrogens is 252 g/mol. The number of pyridine rings is 1. The average Bonchev–Trinajstić information content (AvgIpc) is 2.47. The van der Waals surface area contributed by atoms with E-state index in [9.17, 15) is 4.79 Å². The number of carbonyl (C=O) groups excluding carboxylic acids is 1. The highest BCUT2D eigenvalue weighted by atomic mass is 16.1.